The molecule has 4 aromatic rings. The molecule has 0 spiro atoms. The van der Waals surface area contributed by atoms with E-state index in [2.05, 4.69) is 20.9 Å². The van der Waals surface area contributed by atoms with Gasteiger partial charge in [-0.1, -0.05) is 36.4 Å². The number of carbonyl (C=O) groups is 1. The Labute approximate surface area is 201 Å². The Morgan fingerprint density at radius 1 is 1.03 bits per heavy atom. The predicted octanol–water partition coefficient (Wildman–Crippen LogP) is 3.13. The molecule has 0 saturated heterocycles. The van der Waals surface area contributed by atoms with E-state index in [1.54, 1.807) is 13.3 Å². The zero-order valence-electron chi connectivity index (χ0n) is 19.2. The molecule has 3 aromatic carbocycles. The zero-order valence-corrected chi connectivity index (χ0v) is 19.2. The zero-order chi connectivity index (χ0) is 24.8. The first-order valence-corrected chi connectivity index (χ1v) is 11.2. The van der Waals surface area contributed by atoms with Crippen molar-refractivity contribution in [2.24, 2.45) is 0 Å². The van der Waals surface area contributed by atoms with Gasteiger partial charge in [-0.15, -0.1) is 0 Å². The van der Waals surface area contributed by atoms with Crippen LogP contribution in [-0.4, -0.2) is 42.4 Å². The fourth-order valence-corrected chi connectivity index (χ4v) is 3.82. The first-order valence-electron chi connectivity index (χ1n) is 11.2. The molecule has 0 bridgehead atoms. The van der Waals surface area contributed by atoms with E-state index in [-0.39, 0.29) is 17.8 Å². The molecule has 0 saturated carbocycles. The van der Waals surface area contributed by atoms with Crippen molar-refractivity contribution in [3.8, 4) is 0 Å². The van der Waals surface area contributed by atoms with Crippen molar-refractivity contribution >= 4 is 39.6 Å². The summed E-state index contributed by atoms with van der Waals surface area (Å²) in [6.45, 7) is 0.940. The van der Waals surface area contributed by atoms with Gasteiger partial charge in [0.05, 0.1) is 0 Å². The molecule has 9 heteroatoms. The lowest BCUT2D eigenvalue weighted by molar-refractivity contribution is -0.137. The molecule has 9 nitrogen and oxygen atoms in total. The SMILES string of the molecule is COCCCNc1c(N[C@@H](Cc2ccc(Nc3nccc4ccccc34)cc2)C(=O)O)c(=O)c1=O. The summed E-state index contributed by atoms with van der Waals surface area (Å²) in [5.41, 5.74) is 0.343. The molecule has 4 N–H and O–H groups in total. The third kappa shape index (κ3) is 5.47. The van der Waals surface area contributed by atoms with Crippen LogP contribution in [-0.2, 0) is 16.0 Å². The summed E-state index contributed by atoms with van der Waals surface area (Å²) in [7, 11) is 1.57. The second kappa shape index (κ2) is 10.8. The minimum atomic E-state index is -1.12. The Morgan fingerprint density at radius 3 is 2.51 bits per heavy atom. The highest BCUT2D eigenvalue weighted by Crippen LogP contribution is 2.24. The summed E-state index contributed by atoms with van der Waals surface area (Å²) >= 11 is 0. The second-order valence-corrected chi connectivity index (χ2v) is 8.12. The molecule has 0 fully saturated rings. The van der Waals surface area contributed by atoms with Gasteiger partial charge in [-0.3, -0.25) is 9.59 Å². The van der Waals surface area contributed by atoms with Crippen LogP contribution in [0.3, 0.4) is 0 Å². The van der Waals surface area contributed by atoms with Crippen molar-refractivity contribution in [3.05, 3.63) is 86.8 Å². The van der Waals surface area contributed by atoms with Crippen molar-refractivity contribution in [1.82, 2.24) is 4.98 Å². The van der Waals surface area contributed by atoms with Gasteiger partial charge in [0, 0.05) is 44.0 Å². The van der Waals surface area contributed by atoms with E-state index in [0.717, 1.165) is 27.8 Å². The lowest BCUT2D eigenvalue weighted by Crippen LogP contribution is -2.42. The maximum atomic E-state index is 12.0. The number of anilines is 4. The van der Waals surface area contributed by atoms with Crippen LogP contribution < -0.4 is 26.8 Å². The molecule has 0 radical (unpaired) electrons. The third-order valence-corrected chi connectivity index (χ3v) is 5.68. The van der Waals surface area contributed by atoms with Gasteiger partial charge in [-0.2, -0.15) is 0 Å². The van der Waals surface area contributed by atoms with Crippen LogP contribution in [0.15, 0.2) is 70.4 Å². The molecule has 0 aliphatic rings. The van der Waals surface area contributed by atoms with Gasteiger partial charge >= 0.3 is 5.97 Å². The minimum Gasteiger partial charge on any atom is -0.480 e. The van der Waals surface area contributed by atoms with E-state index >= 15 is 0 Å². The van der Waals surface area contributed by atoms with Crippen LogP contribution in [0.2, 0.25) is 0 Å². The molecule has 35 heavy (non-hydrogen) atoms. The molecular formula is C26H26N4O5. The van der Waals surface area contributed by atoms with E-state index < -0.39 is 22.9 Å². The summed E-state index contributed by atoms with van der Waals surface area (Å²) in [5, 5.41) is 20.7. The smallest absolute Gasteiger partial charge is 0.326 e. The van der Waals surface area contributed by atoms with Crippen molar-refractivity contribution in [3.63, 3.8) is 0 Å². The Morgan fingerprint density at radius 2 is 1.77 bits per heavy atom. The quantitative estimate of drug-likeness (QED) is 0.181. The first kappa shape index (κ1) is 23.9. The lowest BCUT2D eigenvalue weighted by Gasteiger charge is -2.20. The van der Waals surface area contributed by atoms with Gasteiger partial charge < -0.3 is 25.8 Å². The number of hydrogen-bond donors (Lipinski definition) is 4. The first-order chi connectivity index (χ1) is 17.0. The number of carboxylic acid groups (broad SMARTS) is 1. The number of aromatic nitrogens is 1. The monoisotopic (exact) mass is 474 g/mol. The summed E-state index contributed by atoms with van der Waals surface area (Å²) in [6.07, 6.45) is 2.51. The molecule has 1 aromatic heterocycles. The number of ether oxygens (including phenoxy) is 1. The van der Waals surface area contributed by atoms with Gasteiger partial charge in [0.25, 0.3) is 10.9 Å². The van der Waals surface area contributed by atoms with Crippen LogP contribution in [0.25, 0.3) is 10.8 Å². The topological polar surface area (TPSA) is 130 Å². The Kier molecular flexibility index (Phi) is 7.37. The number of hydrogen-bond acceptors (Lipinski definition) is 8. The Bertz CT molecular complexity index is 1390. The van der Waals surface area contributed by atoms with E-state index in [0.29, 0.717) is 19.6 Å². The Hall–Kier alpha value is -4.24. The second-order valence-electron chi connectivity index (χ2n) is 8.12. The summed E-state index contributed by atoms with van der Waals surface area (Å²) in [5.74, 6) is -0.392. The lowest BCUT2D eigenvalue weighted by atomic mass is 10.0. The van der Waals surface area contributed by atoms with Crippen LogP contribution >= 0.6 is 0 Å². The maximum Gasteiger partial charge on any atom is 0.326 e. The fourth-order valence-electron chi connectivity index (χ4n) is 3.82. The van der Waals surface area contributed by atoms with E-state index in [1.807, 2.05) is 54.6 Å². The number of aliphatic carboxylic acids is 1. The maximum absolute atomic E-state index is 12.0. The number of rotatable bonds is 12. The highest BCUT2D eigenvalue weighted by molar-refractivity contribution is 5.93. The number of nitrogens with zero attached hydrogens (tertiary/aromatic N) is 1. The number of fused-ring (bicyclic) bond motifs is 1. The van der Waals surface area contributed by atoms with Crippen molar-refractivity contribution in [2.75, 3.05) is 36.2 Å². The van der Waals surface area contributed by atoms with Crippen LogP contribution in [0.1, 0.15) is 12.0 Å². The molecule has 180 valence electrons. The highest BCUT2D eigenvalue weighted by atomic mass is 16.5. The average Bonchev–Trinajstić information content (AvgIpc) is 2.88. The number of methoxy groups -OCH3 is 1. The number of carboxylic acids is 1. The molecule has 1 atom stereocenters. The molecular weight excluding hydrogens is 448 g/mol. The van der Waals surface area contributed by atoms with Gasteiger partial charge in [0.15, 0.2) is 0 Å². The molecule has 0 unspecified atom stereocenters. The standard InChI is InChI=1S/C26H26N4O5/c1-35-14-4-12-27-21-22(24(32)23(21)31)30-20(26(33)34)15-16-7-9-18(10-8-16)29-25-19-6-3-2-5-17(19)11-13-28-25/h2-3,5-11,13,20,27,30H,4,12,14-15H2,1H3,(H,28,29)(H,33,34)/t20-/m0/s1. The number of nitrogens with one attached hydrogen (secondary N) is 3. The summed E-state index contributed by atoms with van der Waals surface area (Å²) in [6, 6.07) is 16.1. The molecule has 1 heterocycles. The summed E-state index contributed by atoms with van der Waals surface area (Å²) < 4.78 is 4.96. The van der Waals surface area contributed by atoms with E-state index in [9.17, 15) is 19.5 Å². The summed E-state index contributed by atoms with van der Waals surface area (Å²) in [4.78, 5) is 40.2. The average molecular weight is 475 g/mol. The molecule has 0 amide bonds. The largest absolute Gasteiger partial charge is 0.480 e. The predicted molar refractivity (Wildman–Crippen MR) is 137 cm³/mol. The fraction of sp³-hybridized carbons (Fsp3) is 0.231. The minimum absolute atomic E-state index is 0.0140. The van der Waals surface area contributed by atoms with Crippen LogP contribution in [0.4, 0.5) is 22.9 Å². The van der Waals surface area contributed by atoms with Crippen LogP contribution in [0.5, 0.6) is 0 Å². The van der Waals surface area contributed by atoms with E-state index in [1.165, 1.54) is 0 Å². The normalized spacial score (nSPS) is 11.9. The van der Waals surface area contributed by atoms with Gasteiger partial charge in [0.1, 0.15) is 23.2 Å². The van der Waals surface area contributed by atoms with E-state index in [4.69, 9.17) is 4.74 Å². The van der Waals surface area contributed by atoms with Gasteiger partial charge in [-0.25, -0.2) is 9.78 Å². The van der Waals surface area contributed by atoms with Gasteiger partial charge in [0.2, 0.25) is 0 Å². The third-order valence-electron chi connectivity index (χ3n) is 5.68. The van der Waals surface area contributed by atoms with Crippen LogP contribution in [0, 0.1) is 0 Å². The van der Waals surface area contributed by atoms with Crippen molar-refractivity contribution < 1.29 is 14.6 Å². The Balaban J connectivity index is 1.43. The molecule has 0 aliphatic heterocycles. The van der Waals surface area contributed by atoms with Crippen molar-refractivity contribution in [1.29, 1.82) is 0 Å². The molecule has 0 aliphatic carbocycles. The molecule has 4 rings (SSSR count). The number of benzene rings is 2. The van der Waals surface area contributed by atoms with Gasteiger partial charge in [-0.05, 0) is 35.6 Å². The van der Waals surface area contributed by atoms with Crippen molar-refractivity contribution in [2.45, 2.75) is 18.9 Å². The highest BCUT2D eigenvalue weighted by Gasteiger charge is 2.26. The number of pyridine rings is 1.